The van der Waals surface area contributed by atoms with E-state index >= 15 is 0 Å². The van der Waals surface area contributed by atoms with Gasteiger partial charge in [-0.3, -0.25) is 0 Å². The third kappa shape index (κ3) is 2.84. The number of thiazole rings is 1. The molecule has 2 aromatic rings. The minimum absolute atomic E-state index is 0. The number of halogens is 1. The summed E-state index contributed by atoms with van der Waals surface area (Å²) < 4.78 is 6.59. The normalized spacial score (nSPS) is 9.88. The quantitative estimate of drug-likeness (QED) is 0.626. The molecule has 0 saturated heterocycles. The Morgan fingerprint density at radius 1 is 1.56 bits per heavy atom. The summed E-state index contributed by atoms with van der Waals surface area (Å²) in [5.74, 6) is -0.609. The summed E-state index contributed by atoms with van der Waals surface area (Å²) in [5.41, 5.74) is 0.617. The number of hydrogen-bond acceptors (Lipinski definition) is 5. The van der Waals surface area contributed by atoms with Gasteiger partial charge >= 0.3 is 51.4 Å². The zero-order valence-corrected chi connectivity index (χ0v) is 14.1. The number of aromatic carboxylic acids is 1. The van der Waals surface area contributed by atoms with Gasteiger partial charge in [0.25, 0.3) is 0 Å². The van der Waals surface area contributed by atoms with E-state index in [0.29, 0.717) is 11.3 Å². The van der Waals surface area contributed by atoms with Gasteiger partial charge in [-0.25, -0.2) is 4.98 Å². The van der Waals surface area contributed by atoms with E-state index in [1.807, 2.05) is 0 Å². The van der Waals surface area contributed by atoms with Crippen LogP contribution in [0.25, 0.3) is 10.2 Å². The van der Waals surface area contributed by atoms with Crippen LogP contribution in [0.5, 0.6) is 5.75 Å². The summed E-state index contributed by atoms with van der Waals surface area (Å²) in [6.45, 7) is 0. The van der Waals surface area contributed by atoms with Crippen molar-refractivity contribution in [1.82, 2.24) is 4.98 Å². The smallest absolute Gasteiger partial charge is 0.542 e. The Morgan fingerprint density at radius 3 is 2.81 bits per heavy atom. The molecule has 1 aromatic carbocycles. The van der Waals surface area contributed by atoms with E-state index in [2.05, 4.69) is 20.9 Å². The Labute approximate surface area is 147 Å². The molecule has 0 saturated carbocycles. The largest absolute Gasteiger partial charge is 1.00 e. The second-order valence-corrected chi connectivity index (χ2v) is 4.65. The van der Waals surface area contributed by atoms with Gasteiger partial charge in [0.05, 0.1) is 21.8 Å². The number of methoxy groups -OCH3 is 1. The van der Waals surface area contributed by atoms with E-state index in [1.54, 1.807) is 19.2 Å². The van der Waals surface area contributed by atoms with E-state index in [9.17, 15) is 9.90 Å². The molecule has 0 aliphatic carbocycles. The molecule has 0 amide bonds. The molecule has 0 unspecified atom stereocenters. The van der Waals surface area contributed by atoms with Gasteiger partial charge in [-0.1, -0.05) is 0 Å². The van der Waals surface area contributed by atoms with Crippen LogP contribution in [-0.4, -0.2) is 18.1 Å². The van der Waals surface area contributed by atoms with Crippen molar-refractivity contribution in [2.45, 2.75) is 0 Å². The number of carboxylic acids is 1. The molecule has 0 bridgehead atoms. The summed E-state index contributed by atoms with van der Waals surface area (Å²) in [6, 6.07) is 3.46. The van der Waals surface area contributed by atoms with Gasteiger partial charge in [0.15, 0.2) is 0 Å². The summed E-state index contributed by atoms with van der Waals surface area (Å²) in [5, 5.41) is 10.6. The number of hydrogen-bond donors (Lipinski definition) is 0. The maximum Gasteiger partial charge on any atom is 1.00 e. The van der Waals surface area contributed by atoms with Crippen LogP contribution < -0.4 is 61.2 Å². The summed E-state index contributed by atoms with van der Waals surface area (Å²) in [4.78, 5) is 14.5. The van der Waals surface area contributed by atoms with Gasteiger partial charge in [0.1, 0.15) is 16.7 Å². The van der Waals surface area contributed by atoms with Crippen LogP contribution in [0.2, 0.25) is 0 Å². The SMILES string of the molecule is COc1cc2sc(C(=O)[O-])nc2cc1Br.[K+]. The third-order valence-corrected chi connectivity index (χ3v) is 3.45. The molecule has 0 atom stereocenters. The molecule has 4 nitrogen and oxygen atoms in total. The third-order valence-electron chi connectivity index (χ3n) is 1.84. The number of fused-ring (bicyclic) bond motifs is 1. The average Bonchev–Trinajstić information content (AvgIpc) is 2.59. The predicted molar refractivity (Wildman–Crippen MR) is 58.2 cm³/mol. The first-order chi connectivity index (χ1) is 7.11. The van der Waals surface area contributed by atoms with Gasteiger partial charge in [-0.05, 0) is 22.0 Å². The molecule has 0 fully saturated rings. The number of carbonyl (C=O) groups is 1. The van der Waals surface area contributed by atoms with Crippen LogP contribution in [-0.2, 0) is 0 Å². The Bertz CT molecular complexity index is 543. The molecule has 1 heterocycles. The topological polar surface area (TPSA) is 62.2 Å². The van der Waals surface area contributed by atoms with Crippen LogP contribution in [0.4, 0.5) is 0 Å². The molecule has 2 rings (SSSR count). The molecular weight excluding hydrogens is 321 g/mol. The number of carbonyl (C=O) groups excluding carboxylic acids is 1. The van der Waals surface area contributed by atoms with Crippen LogP contribution in [0.15, 0.2) is 16.6 Å². The van der Waals surface area contributed by atoms with Crippen molar-refractivity contribution in [3.8, 4) is 5.75 Å². The van der Waals surface area contributed by atoms with Gasteiger partial charge in [0, 0.05) is 6.07 Å². The second kappa shape index (κ2) is 5.90. The zero-order chi connectivity index (χ0) is 11.0. The van der Waals surface area contributed by atoms with E-state index in [1.165, 1.54) is 0 Å². The van der Waals surface area contributed by atoms with Crippen molar-refractivity contribution in [3.05, 3.63) is 21.6 Å². The molecule has 0 N–H and O–H groups in total. The monoisotopic (exact) mass is 325 g/mol. The molecule has 7 heteroatoms. The zero-order valence-electron chi connectivity index (χ0n) is 8.61. The fourth-order valence-electron chi connectivity index (χ4n) is 1.17. The fraction of sp³-hybridized carbons (Fsp3) is 0.111. The number of nitrogens with zero attached hydrogens (tertiary/aromatic N) is 1. The van der Waals surface area contributed by atoms with Crippen LogP contribution in [0.3, 0.4) is 0 Å². The molecule has 0 aliphatic rings. The first-order valence-corrected chi connectivity index (χ1v) is 5.58. The van der Waals surface area contributed by atoms with Crippen molar-refractivity contribution in [1.29, 1.82) is 0 Å². The minimum atomic E-state index is -1.26. The maximum absolute atomic E-state index is 10.6. The summed E-state index contributed by atoms with van der Waals surface area (Å²) >= 11 is 4.37. The van der Waals surface area contributed by atoms with Gasteiger partial charge in [-0.2, -0.15) is 0 Å². The molecule has 0 aliphatic heterocycles. The molecule has 0 radical (unpaired) electrons. The maximum atomic E-state index is 10.6. The number of benzene rings is 1. The number of carboxylic acid groups (broad SMARTS) is 1. The van der Waals surface area contributed by atoms with Crippen molar-refractivity contribution >= 4 is 43.5 Å². The molecule has 16 heavy (non-hydrogen) atoms. The number of ether oxygens (including phenoxy) is 1. The average molecular weight is 326 g/mol. The van der Waals surface area contributed by atoms with Crippen LogP contribution in [0.1, 0.15) is 9.80 Å². The van der Waals surface area contributed by atoms with E-state index in [0.717, 1.165) is 20.5 Å². The molecule has 78 valence electrons. The standard InChI is InChI=1S/C9H6BrNO3S.K/c1-14-6-3-7-5(2-4(6)10)11-8(15-7)9(12)13;/h2-3H,1H3,(H,12,13);/q;+1/p-1. The predicted octanol–water partition coefficient (Wildman–Crippen LogP) is -1.57. The summed E-state index contributed by atoms with van der Waals surface area (Å²) in [7, 11) is 1.55. The van der Waals surface area contributed by atoms with Gasteiger partial charge < -0.3 is 14.6 Å². The van der Waals surface area contributed by atoms with Crippen molar-refractivity contribution < 1.29 is 66.0 Å². The van der Waals surface area contributed by atoms with Crippen molar-refractivity contribution in [2.75, 3.05) is 7.11 Å². The molecule has 1 aromatic heterocycles. The van der Waals surface area contributed by atoms with Crippen molar-refractivity contribution in [2.24, 2.45) is 0 Å². The second-order valence-electron chi connectivity index (χ2n) is 2.76. The van der Waals surface area contributed by atoms with Gasteiger partial charge in [0.2, 0.25) is 0 Å². The Balaban J connectivity index is 0.00000128. The first kappa shape index (κ1) is 14.6. The number of aromatic nitrogens is 1. The van der Waals surface area contributed by atoms with E-state index in [4.69, 9.17) is 4.74 Å². The van der Waals surface area contributed by atoms with Gasteiger partial charge in [-0.15, -0.1) is 11.3 Å². The Morgan fingerprint density at radius 2 is 2.25 bits per heavy atom. The molecular formula is C9H5BrKNO3S. The molecule has 0 spiro atoms. The number of rotatable bonds is 2. The first-order valence-electron chi connectivity index (χ1n) is 3.97. The summed E-state index contributed by atoms with van der Waals surface area (Å²) in [6.07, 6.45) is 0. The van der Waals surface area contributed by atoms with Crippen LogP contribution >= 0.6 is 27.3 Å². The minimum Gasteiger partial charge on any atom is -0.542 e. The Kier molecular flexibility index (Phi) is 5.37. The van der Waals surface area contributed by atoms with E-state index < -0.39 is 5.97 Å². The van der Waals surface area contributed by atoms with Crippen LogP contribution in [0, 0.1) is 0 Å². The Hall–Kier alpha value is 0.496. The fourth-order valence-corrected chi connectivity index (χ4v) is 2.48. The van der Waals surface area contributed by atoms with E-state index in [-0.39, 0.29) is 56.4 Å². The van der Waals surface area contributed by atoms with Crippen molar-refractivity contribution in [3.63, 3.8) is 0 Å².